The van der Waals surface area contributed by atoms with E-state index >= 15 is 0 Å². The number of carboxylic acid groups (broad SMARTS) is 1. The van der Waals surface area contributed by atoms with Crippen LogP contribution in [0, 0.1) is 20.8 Å². The summed E-state index contributed by atoms with van der Waals surface area (Å²) in [4.78, 5) is 13.2. The molecule has 2 aromatic rings. The molecule has 0 unspecified atom stereocenters. The van der Waals surface area contributed by atoms with Gasteiger partial charge in [-0.2, -0.15) is 0 Å². The first-order valence-corrected chi connectivity index (χ1v) is 6.88. The summed E-state index contributed by atoms with van der Waals surface area (Å²) in [6.07, 6.45) is 0. The summed E-state index contributed by atoms with van der Waals surface area (Å²) < 4.78 is 0. The SMILES string of the molecule is Cc1ccc(Sc2ccc(C(=O)O)c(C)c2)cc1C. The van der Waals surface area contributed by atoms with Crippen LogP contribution in [-0.2, 0) is 0 Å². The van der Waals surface area contributed by atoms with Gasteiger partial charge in [-0.05, 0) is 67.8 Å². The van der Waals surface area contributed by atoms with Gasteiger partial charge in [0, 0.05) is 9.79 Å². The van der Waals surface area contributed by atoms with Gasteiger partial charge in [-0.1, -0.05) is 17.8 Å². The molecule has 0 spiro atoms. The first-order valence-electron chi connectivity index (χ1n) is 6.06. The minimum Gasteiger partial charge on any atom is -0.478 e. The summed E-state index contributed by atoms with van der Waals surface area (Å²) in [5.41, 5.74) is 3.71. The van der Waals surface area contributed by atoms with Crippen LogP contribution in [0.25, 0.3) is 0 Å². The fraction of sp³-hybridized carbons (Fsp3) is 0.188. The van der Waals surface area contributed by atoms with Crippen LogP contribution in [0.5, 0.6) is 0 Å². The Kier molecular flexibility index (Phi) is 3.96. The molecular weight excluding hydrogens is 256 g/mol. The van der Waals surface area contributed by atoms with E-state index in [9.17, 15) is 4.79 Å². The molecule has 0 saturated carbocycles. The third-order valence-corrected chi connectivity index (χ3v) is 4.12. The van der Waals surface area contributed by atoms with Crippen molar-refractivity contribution in [3.63, 3.8) is 0 Å². The number of benzene rings is 2. The van der Waals surface area contributed by atoms with Gasteiger partial charge in [-0.25, -0.2) is 4.79 Å². The Morgan fingerprint density at radius 3 is 2.00 bits per heavy atom. The van der Waals surface area contributed by atoms with Gasteiger partial charge >= 0.3 is 5.97 Å². The average molecular weight is 272 g/mol. The number of hydrogen-bond donors (Lipinski definition) is 1. The summed E-state index contributed by atoms with van der Waals surface area (Å²) in [6.45, 7) is 6.02. The monoisotopic (exact) mass is 272 g/mol. The van der Waals surface area contributed by atoms with E-state index in [-0.39, 0.29) is 0 Å². The molecule has 0 aliphatic rings. The van der Waals surface area contributed by atoms with Crippen molar-refractivity contribution in [2.24, 2.45) is 0 Å². The maximum atomic E-state index is 11.0. The molecule has 0 amide bonds. The van der Waals surface area contributed by atoms with Gasteiger partial charge in [-0.15, -0.1) is 0 Å². The van der Waals surface area contributed by atoms with Crippen molar-refractivity contribution in [3.8, 4) is 0 Å². The number of rotatable bonds is 3. The summed E-state index contributed by atoms with van der Waals surface area (Å²) in [6, 6.07) is 11.8. The first kappa shape index (κ1) is 13.7. The maximum Gasteiger partial charge on any atom is 0.335 e. The van der Waals surface area contributed by atoms with Crippen molar-refractivity contribution in [2.45, 2.75) is 30.6 Å². The highest BCUT2D eigenvalue weighted by Gasteiger charge is 2.08. The van der Waals surface area contributed by atoms with Gasteiger partial charge in [0.2, 0.25) is 0 Å². The summed E-state index contributed by atoms with van der Waals surface area (Å²) in [5, 5.41) is 9.01. The van der Waals surface area contributed by atoms with Gasteiger partial charge < -0.3 is 5.11 Å². The molecule has 0 atom stereocenters. The molecule has 0 saturated heterocycles. The van der Waals surface area contributed by atoms with E-state index in [1.165, 1.54) is 16.0 Å². The number of hydrogen-bond acceptors (Lipinski definition) is 2. The molecule has 0 fully saturated rings. The lowest BCUT2D eigenvalue weighted by molar-refractivity contribution is 0.0696. The Balaban J connectivity index is 2.26. The lowest BCUT2D eigenvalue weighted by atomic mass is 10.1. The molecule has 3 heteroatoms. The van der Waals surface area contributed by atoms with Crippen LogP contribution in [0.3, 0.4) is 0 Å². The third-order valence-electron chi connectivity index (χ3n) is 3.14. The van der Waals surface area contributed by atoms with E-state index in [0.29, 0.717) is 5.56 Å². The van der Waals surface area contributed by atoms with E-state index < -0.39 is 5.97 Å². The molecular formula is C16H16O2S. The quantitative estimate of drug-likeness (QED) is 0.896. The molecule has 0 aliphatic carbocycles. The number of aryl methyl sites for hydroxylation is 3. The Labute approximate surface area is 117 Å². The standard InChI is InChI=1S/C16H16O2S/c1-10-4-5-13(8-11(10)2)19-14-6-7-15(16(17)18)12(3)9-14/h4-9H,1-3H3,(H,17,18). The average Bonchev–Trinajstić information content (AvgIpc) is 2.33. The fourth-order valence-corrected chi connectivity index (χ4v) is 2.87. The number of aromatic carboxylic acids is 1. The highest BCUT2D eigenvalue weighted by atomic mass is 32.2. The Morgan fingerprint density at radius 2 is 1.47 bits per heavy atom. The second-order valence-electron chi connectivity index (χ2n) is 4.63. The van der Waals surface area contributed by atoms with Crippen molar-refractivity contribution in [1.29, 1.82) is 0 Å². The molecule has 98 valence electrons. The molecule has 0 aromatic heterocycles. The molecule has 0 radical (unpaired) electrons. The molecule has 0 bridgehead atoms. The molecule has 19 heavy (non-hydrogen) atoms. The van der Waals surface area contributed by atoms with E-state index in [0.717, 1.165) is 10.5 Å². The third kappa shape index (κ3) is 3.18. The number of carbonyl (C=O) groups is 1. The first-order chi connectivity index (χ1) is 8.97. The Morgan fingerprint density at radius 1 is 0.895 bits per heavy atom. The van der Waals surface area contributed by atoms with Crippen molar-refractivity contribution in [3.05, 3.63) is 58.7 Å². The molecule has 0 aliphatic heterocycles. The second kappa shape index (κ2) is 5.49. The Hall–Kier alpha value is -1.74. The number of carboxylic acids is 1. The van der Waals surface area contributed by atoms with Gasteiger partial charge in [0.15, 0.2) is 0 Å². The smallest absolute Gasteiger partial charge is 0.335 e. The van der Waals surface area contributed by atoms with E-state index in [1.807, 2.05) is 19.1 Å². The predicted molar refractivity (Wildman–Crippen MR) is 78.2 cm³/mol. The summed E-state index contributed by atoms with van der Waals surface area (Å²) in [7, 11) is 0. The fourth-order valence-electron chi connectivity index (χ4n) is 1.85. The van der Waals surface area contributed by atoms with Crippen LogP contribution in [0.4, 0.5) is 0 Å². The summed E-state index contributed by atoms with van der Waals surface area (Å²) >= 11 is 1.65. The normalized spacial score (nSPS) is 10.5. The lowest BCUT2D eigenvalue weighted by Gasteiger charge is -2.07. The van der Waals surface area contributed by atoms with Gasteiger partial charge in [0.1, 0.15) is 0 Å². The van der Waals surface area contributed by atoms with Crippen LogP contribution in [0.1, 0.15) is 27.0 Å². The molecule has 1 N–H and O–H groups in total. The Bertz CT molecular complexity index is 633. The highest BCUT2D eigenvalue weighted by Crippen LogP contribution is 2.30. The van der Waals surface area contributed by atoms with Gasteiger partial charge in [-0.3, -0.25) is 0 Å². The zero-order valence-corrected chi connectivity index (χ0v) is 12.0. The second-order valence-corrected chi connectivity index (χ2v) is 5.78. The summed E-state index contributed by atoms with van der Waals surface area (Å²) in [5.74, 6) is -0.875. The van der Waals surface area contributed by atoms with Crippen molar-refractivity contribution < 1.29 is 9.90 Å². The minimum atomic E-state index is -0.875. The lowest BCUT2D eigenvalue weighted by Crippen LogP contribution is -1.99. The van der Waals surface area contributed by atoms with E-state index in [2.05, 4.69) is 32.0 Å². The van der Waals surface area contributed by atoms with E-state index in [1.54, 1.807) is 17.8 Å². The zero-order valence-electron chi connectivity index (χ0n) is 11.2. The maximum absolute atomic E-state index is 11.0. The van der Waals surface area contributed by atoms with Crippen molar-refractivity contribution in [2.75, 3.05) is 0 Å². The minimum absolute atomic E-state index is 0.365. The molecule has 0 heterocycles. The van der Waals surface area contributed by atoms with Crippen molar-refractivity contribution in [1.82, 2.24) is 0 Å². The van der Waals surface area contributed by atoms with Crippen molar-refractivity contribution >= 4 is 17.7 Å². The van der Waals surface area contributed by atoms with Crippen LogP contribution in [0.15, 0.2) is 46.2 Å². The van der Waals surface area contributed by atoms with Gasteiger partial charge in [0.25, 0.3) is 0 Å². The largest absolute Gasteiger partial charge is 0.478 e. The predicted octanol–water partition coefficient (Wildman–Crippen LogP) is 4.46. The molecule has 2 aromatic carbocycles. The molecule has 2 rings (SSSR count). The van der Waals surface area contributed by atoms with Crippen LogP contribution in [0.2, 0.25) is 0 Å². The van der Waals surface area contributed by atoms with Gasteiger partial charge in [0.05, 0.1) is 5.56 Å². The molecule has 2 nitrogen and oxygen atoms in total. The van der Waals surface area contributed by atoms with Crippen LogP contribution < -0.4 is 0 Å². The zero-order chi connectivity index (χ0) is 14.0. The van der Waals surface area contributed by atoms with E-state index in [4.69, 9.17) is 5.11 Å². The van der Waals surface area contributed by atoms with Crippen LogP contribution in [-0.4, -0.2) is 11.1 Å². The highest BCUT2D eigenvalue weighted by molar-refractivity contribution is 7.99. The van der Waals surface area contributed by atoms with Crippen LogP contribution >= 0.6 is 11.8 Å². The topological polar surface area (TPSA) is 37.3 Å².